The highest BCUT2D eigenvalue weighted by Gasteiger charge is 2.23. The molecule has 0 unspecified atom stereocenters. The summed E-state index contributed by atoms with van der Waals surface area (Å²) in [4.78, 5) is 23.6. The van der Waals surface area contributed by atoms with Gasteiger partial charge in [-0.1, -0.05) is 42.5 Å². The number of primary amides is 1. The van der Waals surface area contributed by atoms with Crippen molar-refractivity contribution < 1.29 is 9.59 Å². The molecular formula is C17H19N3O2. The average molecular weight is 297 g/mol. The van der Waals surface area contributed by atoms with Gasteiger partial charge in [-0.3, -0.25) is 4.79 Å². The van der Waals surface area contributed by atoms with E-state index in [9.17, 15) is 9.59 Å². The molecule has 0 heterocycles. The van der Waals surface area contributed by atoms with Crippen LogP contribution in [-0.2, 0) is 5.54 Å². The lowest BCUT2D eigenvalue weighted by atomic mass is 9.95. The minimum Gasteiger partial charge on any atom is -0.366 e. The van der Waals surface area contributed by atoms with E-state index >= 15 is 0 Å². The van der Waals surface area contributed by atoms with Crippen molar-refractivity contribution in [1.29, 1.82) is 0 Å². The summed E-state index contributed by atoms with van der Waals surface area (Å²) in [6.07, 6.45) is 0. The molecule has 2 aromatic carbocycles. The molecule has 0 aliphatic rings. The smallest absolute Gasteiger partial charge is 0.319 e. The number of urea groups is 1. The zero-order chi connectivity index (χ0) is 16.2. The number of nitrogens with two attached hydrogens (primary N) is 1. The Morgan fingerprint density at radius 3 is 2.18 bits per heavy atom. The molecule has 0 saturated carbocycles. The molecule has 0 spiro atoms. The first kappa shape index (κ1) is 15.6. The summed E-state index contributed by atoms with van der Waals surface area (Å²) in [5.41, 5.74) is 6.39. The number of carbonyl (C=O) groups is 2. The summed E-state index contributed by atoms with van der Waals surface area (Å²) in [6.45, 7) is 3.81. The average Bonchev–Trinajstić information content (AvgIpc) is 2.48. The molecule has 4 N–H and O–H groups in total. The zero-order valence-electron chi connectivity index (χ0n) is 12.6. The fraction of sp³-hybridized carbons (Fsp3) is 0.176. The van der Waals surface area contributed by atoms with E-state index in [1.807, 2.05) is 44.2 Å². The maximum atomic E-state index is 12.2. The van der Waals surface area contributed by atoms with Crippen molar-refractivity contribution in [3.8, 4) is 0 Å². The normalized spacial score (nSPS) is 10.8. The van der Waals surface area contributed by atoms with Crippen LogP contribution in [0.2, 0.25) is 0 Å². The Balaban J connectivity index is 2.12. The number of hydrogen-bond donors (Lipinski definition) is 3. The Bertz CT molecular complexity index is 681. The summed E-state index contributed by atoms with van der Waals surface area (Å²) in [6, 6.07) is 15.9. The van der Waals surface area contributed by atoms with Gasteiger partial charge in [0.25, 0.3) is 5.91 Å². The number of benzene rings is 2. The van der Waals surface area contributed by atoms with Gasteiger partial charge in [0.05, 0.1) is 16.8 Å². The topological polar surface area (TPSA) is 84.2 Å². The molecule has 0 radical (unpaired) electrons. The SMILES string of the molecule is CC(C)(NC(=O)Nc1ccccc1C(N)=O)c1ccccc1. The fourth-order valence-electron chi connectivity index (χ4n) is 2.17. The molecule has 0 atom stereocenters. The monoisotopic (exact) mass is 297 g/mol. The maximum Gasteiger partial charge on any atom is 0.319 e. The number of rotatable bonds is 4. The van der Waals surface area contributed by atoms with Crippen LogP contribution in [0.4, 0.5) is 10.5 Å². The van der Waals surface area contributed by atoms with E-state index in [4.69, 9.17) is 5.73 Å². The van der Waals surface area contributed by atoms with Gasteiger partial charge in [0.15, 0.2) is 0 Å². The Morgan fingerprint density at radius 1 is 0.955 bits per heavy atom. The molecule has 0 fully saturated rings. The summed E-state index contributed by atoms with van der Waals surface area (Å²) in [5.74, 6) is -0.585. The first-order chi connectivity index (χ1) is 10.4. The predicted molar refractivity (Wildman–Crippen MR) is 86.6 cm³/mol. The number of amides is 3. The van der Waals surface area contributed by atoms with Crippen molar-refractivity contribution in [3.05, 3.63) is 65.7 Å². The highest BCUT2D eigenvalue weighted by atomic mass is 16.2. The van der Waals surface area contributed by atoms with Gasteiger partial charge >= 0.3 is 6.03 Å². The maximum absolute atomic E-state index is 12.2. The van der Waals surface area contributed by atoms with Crippen LogP contribution in [0.5, 0.6) is 0 Å². The molecule has 2 aromatic rings. The molecule has 5 nitrogen and oxygen atoms in total. The molecule has 22 heavy (non-hydrogen) atoms. The van der Waals surface area contributed by atoms with E-state index in [0.29, 0.717) is 5.69 Å². The van der Waals surface area contributed by atoms with Gasteiger partial charge in [-0.15, -0.1) is 0 Å². The van der Waals surface area contributed by atoms with Crippen LogP contribution >= 0.6 is 0 Å². The third-order valence-corrected chi connectivity index (χ3v) is 3.36. The number of carbonyl (C=O) groups excluding carboxylic acids is 2. The highest BCUT2D eigenvalue weighted by molar-refractivity contribution is 6.02. The molecular weight excluding hydrogens is 278 g/mol. The van der Waals surface area contributed by atoms with Crippen molar-refractivity contribution in [2.24, 2.45) is 5.73 Å². The molecule has 2 rings (SSSR count). The molecule has 114 valence electrons. The molecule has 0 aromatic heterocycles. The summed E-state index contributed by atoms with van der Waals surface area (Å²) in [5, 5.41) is 5.55. The highest BCUT2D eigenvalue weighted by Crippen LogP contribution is 2.20. The van der Waals surface area contributed by atoms with Gasteiger partial charge in [-0.25, -0.2) is 4.79 Å². The Labute approximate surface area is 129 Å². The second-order valence-electron chi connectivity index (χ2n) is 5.48. The molecule has 0 aliphatic carbocycles. The summed E-state index contributed by atoms with van der Waals surface area (Å²) >= 11 is 0. The fourth-order valence-corrected chi connectivity index (χ4v) is 2.17. The number of anilines is 1. The lowest BCUT2D eigenvalue weighted by molar-refractivity contribution is 0.100. The molecule has 3 amide bonds. The molecule has 0 saturated heterocycles. The minimum absolute atomic E-state index is 0.273. The van der Waals surface area contributed by atoms with Crippen LogP contribution in [-0.4, -0.2) is 11.9 Å². The van der Waals surface area contributed by atoms with Crippen molar-refractivity contribution in [3.63, 3.8) is 0 Å². The number of hydrogen-bond acceptors (Lipinski definition) is 2. The van der Waals surface area contributed by atoms with Crippen molar-refractivity contribution in [2.75, 3.05) is 5.32 Å². The predicted octanol–water partition coefficient (Wildman–Crippen LogP) is 2.84. The second kappa shape index (κ2) is 6.30. The van der Waals surface area contributed by atoms with Crippen molar-refractivity contribution in [1.82, 2.24) is 5.32 Å². The van der Waals surface area contributed by atoms with Gasteiger partial charge in [0.2, 0.25) is 0 Å². The van der Waals surface area contributed by atoms with Crippen LogP contribution in [0.25, 0.3) is 0 Å². The molecule has 0 aliphatic heterocycles. The van der Waals surface area contributed by atoms with E-state index in [0.717, 1.165) is 5.56 Å². The standard InChI is InChI=1S/C17H19N3O2/c1-17(2,12-8-4-3-5-9-12)20-16(22)19-14-11-7-6-10-13(14)15(18)21/h3-11H,1-2H3,(H2,18,21)(H2,19,20,22). The summed E-state index contributed by atoms with van der Waals surface area (Å²) in [7, 11) is 0. The van der Waals surface area contributed by atoms with Crippen molar-refractivity contribution >= 4 is 17.6 Å². The summed E-state index contributed by atoms with van der Waals surface area (Å²) < 4.78 is 0. The van der Waals surface area contributed by atoms with Crippen LogP contribution in [0.1, 0.15) is 29.8 Å². The first-order valence-corrected chi connectivity index (χ1v) is 6.93. The molecule has 5 heteroatoms. The van der Waals surface area contributed by atoms with Gasteiger partial charge in [-0.2, -0.15) is 0 Å². The van der Waals surface area contributed by atoms with Gasteiger partial charge < -0.3 is 16.4 Å². The van der Waals surface area contributed by atoms with Crippen LogP contribution < -0.4 is 16.4 Å². The third kappa shape index (κ3) is 3.63. The molecule has 0 bridgehead atoms. The Kier molecular flexibility index (Phi) is 4.46. The van der Waals surface area contributed by atoms with Gasteiger partial charge in [-0.05, 0) is 31.5 Å². The Hall–Kier alpha value is -2.82. The number of nitrogens with one attached hydrogen (secondary N) is 2. The second-order valence-corrected chi connectivity index (χ2v) is 5.48. The number of para-hydroxylation sites is 1. The van der Waals surface area contributed by atoms with E-state index in [-0.39, 0.29) is 5.56 Å². The zero-order valence-corrected chi connectivity index (χ0v) is 12.6. The Morgan fingerprint density at radius 2 is 1.55 bits per heavy atom. The van der Waals surface area contributed by atoms with E-state index in [1.54, 1.807) is 24.3 Å². The minimum atomic E-state index is -0.585. The van der Waals surface area contributed by atoms with Crippen LogP contribution in [0.3, 0.4) is 0 Å². The van der Waals surface area contributed by atoms with Gasteiger partial charge in [0, 0.05) is 0 Å². The van der Waals surface area contributed by atoms with E-state index < -0.39 is 17.5 Å². The largest absolute Gasteiger partial charge is 0.366 e. The third-order valence-electron chi connectivity index (χ3n) is 3.36. The van der Waals surface area contributed by atoms with Gasteiger partial charge in [0.1, 0.15) is 0 Å². The first-order valence-electron chi connectivity index (χ1n) is 6.93. The van der Waals surface area contributed by atoms with E-state index in [2.05, 4.69) is 10.6 Å². The van der Waals surface area contributed by atoms with Crippen molar-refractivity contribution in [2.45, 2.75) is 19.4 Å². The van der Waals surface area contributed by atoms with Crippen LogP contribution in [0.15, 0.2) is 54.6 Å². The lowest BCUT2D eigenvalue weighted by Gasteiger charge is -2.27. The van der Waals surface area contributed by atoms with E-state index in [1.165, 1.54) is 0 Å². The lowest BCUT2D eigenvalue weighted by Crippen LogP contribution is -2.43. The van der Waals surface area contributed by atoms with Crippen LogP contribution in [0, 0.1) is 0 Å². The quantitative estimate of drug-likeness (QED) is 0.810.